The third-order valence-electron chi connectivity index (χ3n) is 2.51. The Bertz CT molecular complexity index is 450. The summed E-state index contributed by atoms with van der Waals surface area (Å²) in [5.41, 5.74) is 7.39. The first kappa shape index (κ1) is 12.8. The van der Waals surface area contributed by atoms with E-state index in [-0.39, 0.29) is 12.5 Å². The minimum atomic E-state index is -0.0192. The molecule has 90 valence electrons. The van der Waals surface area contributed by atoms with Gasteiger partial charge in [0.2, 0.25) is 5.91 Å². The van der Waals surface area contributed by atoms with Crippen molar-refractivity contribution in [1.82, 2.24) is 4.90 Å². The second kappa shape index (κ2) is 5.75. The number of hydrogen-bond donors (Lipinski definition) is 2. The summed E-state index contributed by atoms with van der Waals surface area (Å²) in [4.78, 5) is 13.2. The van der Waals surface area contributed by atoms with Gasteiger partial charge in [0.1, 0.15) is 0 Å². The van der Waals surface area contributed by atoms with Crippen LogP contribution in [0.5, 0.6) is 0 Å². The summed E-state index contributed by atoms with van der Waals surface area (Å²) in [6, 6.07) is 6.95. The average molecular weight is 232 g/mol. The Hall–Kier alpha value is -2.22. The predicted molar refractivity (Wildman–Crippen MR) is 67.4 cm³/mol. The number of nitriles is 1. The van der Waals surface area contributed by atoms with E-state index in [1.54, 1.807) is 30.1 Å². The normalized spacial score (nSPS) is 9.47. The number of carbonyl (C=O) groups is 1. The highest BCUT2D eigenvalue weighted by Crippen LogP contribution is 2.19. The zero-order valence-corrected chi connectivity index (χ0v) is 10.0. The van der Waals surface area contributed by atoms with E-state index in [0.717, 1.165) is 0 Å². The van der Waals surface area contributed by atoms with Gasteiger partial charge in [0.05, 0.1) is 29.6 Å². The lowest BCUT2D eigenvalue weighted by atomic mass is 10.2. The van der Waals surface area contributed by atoms with Crippen LogP contribution in [0.1, 0.15) is 12.5 Å². The molecular formula is C12H16N4O. The van der Waals surface area contributed by atoms with Crippen molar-refractivity contribution in [3.63, 3.8) is 0 Å². The summed E-state index contributed by atoms with van der Waals surface area (Å²) in [6.45, 7) is 2.74. The summed E-state index contributed by atoms with van der Waals surface area (Å²) in [5, 5.41) is 11.7. The van der Waals surface area contributed by atoms with Gasteiger partial charge >= 0.3 is 0 Å². The first-order valence-corrected chi connectivity index (χ1v) is 5.36. The monoisotopic (exact) mass is 232 g/mol. The Labute approximate surface area is 101 Å². The summed E-state index contributed by atoms with van der Waals surface area (Å²) in [5.74, 6) is -0.0192. The second-order valence-corrected chi connectivity index (χ2v) is 3.68. The lowest BCUT2D eigenvalue weighted by Gasteiger charge is -2.16. The smallest absolute Gasteiger partial charge is 0.241 e. The fraction of sp³-hybridized carbons (Fsp3) is 0.333. The number of nitrogens with one attached hydrogen (secondary N) is 1. The maximum Gasteiger partial charge on any atom is 0.241 e. The SMILES string of the molecule is CCN(C)C(=O)CNc1cc(C#N)ccc1N. The Morgan fingerprint density at radius 3 is 2.88 bits per heavy atom. The standard InChI is InChI=1S/C12H16N4O/c1-3-16(2)12(17)8-15-11-6-9(7-13)4-5-10(11)14/h4-6,15H,3,8,14H2,1-2H3. The van der Waals surface area contributed by atoms with Crippen LogP contribution in [0.2, 0.25) is 0 Å². The van der Waals surface area contributed by atoms with Gasteiger partial charge in [0.25, 0.3) is 0 Å². The van der Waals surface area contributed by atoms with Crippen LogP contribution < -0.4 is 11.1 Å². The van der Waals surface area contributed by atoms with E-state index >= 15 is 0 Å². The summed E-state index contributed by atoms with van der Waals surface area (Å²) in [7, 11) is 1.74. The Balaban J connectivity index is 2.69. The molecule has 1 aromatic rings. The molecule has 1 amide bonds. The Morgan fingerprint density at radius 1 is 1.59 bits per heavy atom. The predicted octanol–water partition coefficient (Wildman–Crippen LogP) is 1.03. The third-order valence-corrected chi connectivity index (χ3v) is 2.51. The highest BCUT2D eigenvalue weighted by atomic mass is 16.2. The van der Waals surface area contributed by atoms with Gasteiger partial charge in [-0.2, -0.15) is 5.26 Å². The quantitative estimate of drug-likeness (QED) is 0.760. The van der Waals surface area contributed by atoms with Crippen molar-refractivity contribution in [2.45, 2.75) is 6.92 Å². The molecule has 0 aromatic heterocycles. The van der Waals surface area contributed by atoms with Gasteiger partial charge in [-0.25, -0.2) is 0 Å². The highest BCUT2D eigenvalue weighted by molar-refractivity contribution is 5.82. The fourth-order valence-electron chi connectivity index (χ4n) is 1.26. The first-order valence-electron chi connectivity index (χ1n) is 5.36. The summed E-state index contributed by atoms with van der Waals surface area (Å²) >= 11 is 0. The van der Waals surface area contributed by atoms with E-state index in [0.29, 0.717) is 23.5 Å². The molecule has 0 spiro atoms. The van der Waals surface area contributed by atoms with Crippen molar-refractivity contribution in [3.05, 3.63) is 23.8 Å². The molecule has 0 heterocycles. The minimum Gasteiger partial charge on any atom is -0.397 e. The Kier molecular flexibility index (Phi) is 4.35. The fourth-order valence-corrected chi connectivity index (χ4v) is 1.26. The number of carbonyl (C=O) groups excluding carboxylic acids is 1. The van der Waals surface area contributed by atoms with E-state index in [1.807, 2.05) is 13.0 Å². The van der Waals surface area contributed by atoms with Gasteiger partial charge in [-0.3, -0.25) is 4.79 Å². The molecule has 5 nitrogen and oxygen atoms in total. The molecule has 0 aliphatic rings. The van der Waals surface area contributed by atoms with Crippen LogP contribution in [0.4, 0.5) is 11.4 Å². The maximum atomic E-state index is 11.6. The molecule has 0 fully saturated rings. The number of hydrogen-bond acceptors (Lipinski definition) is 4. The van der Waals surface area contributed by atoms with Gasteiger partial charge in [-0.1, -0.05) is 0 Å². The van der Waals surface area contributed by atoms with Crippen molar-refractivity contribution in [2.24, 2.45) is 0 Å². The topological polar surface area (TPSA) is 82.2 Å². The van der Waals surface area contributed by atoms with Gasteiger partial charge in [0, 0.05) is 13.6 Å². The van der Waals surface area contributed by atoms with Crippen LogP contribution in [0.3, 0.4) is 0 Å². The first-order chi connectivity index (χ1) is 8.08. The largest absolute Gasteiger partial charge is 0.397 e. The number of nitrogen functional groups attached to an aromatic ring is 1. The molecule has 0 atom stereocenters. The van der Waals surface area contributed by atoms with Gasteiger partial charge in [-0.05, 0) is 25.1 Å². The van der Waals surface area contributed by atoms with Crippen molar-refractivity contribution < 1.29 is 4.79 Å². The van der Waals surface area contributed by atoms with Crippen LogP contribution in [-0.2, 0) is 4.79 Å². The van der Waals surface area contributed by atoms with E-state index in [1.165, 1.54) is 0 Å². The van der Waals surface area contributed by atoms with Crippen LogP contribution in [0.25, 0.3) is 0 Å². The zero-order chi connectivity index (χ0) is 12.8. The second-order valence-electron chi connectivity index (χ2n) is 3.68. The molecule has 1 aromatic carbocycles. The van der Waals surface area contributed by atoms with Crippen LogP contribution in [0.15, 0.2) is 18.2 Å². The van der Waals surface area contributed by atoms with Crippen molar-refractivity contribution in [3.8, 4) is 6.07 Å². The van der Waals surface area contributed by atoms with Crippen molar-refractivity contribution >= 4 is 17.3 Å². The number of amides is 1. The molecule has 0 saturated heterocycles. The van der Waals surface area contributed by atoms with Crippen LogP contribution in [-0.4, -0.2) is 30.9 Å². The molecule has 0 unspecified atom stereocenters. The van der Waals surface area contributed by atoms with Gasteiger partial charge in [-0.15, -0.1) is 0 Å². The molecule has 0 aliphatic heterocycles. The number of rotatable bonds is 4. The zero-order valence-electron chi connectivity index (χ0n) is 10.0. The Morgan fingerprint density at radius 2 is 2.29 bits per heavy atom. The molecule has 0 radical (unpaired) electrons. The third kappa shape index (κ3) is 3.38. The lowest BCUT2D eigenvalue weighted by molar-refractivity contribution is -0.127. The number of benzene rings is 1. The molecule has 3 N–H and O–H groups in total. The molecule has 1 rings (SSSR count). The number of likely N-dealkylation sites (N-methyl/N-ethyl adjacent to an activating group) is 1. The number of nitrogens with two attached hydrogens (primary N) is 1. The molecule has 0 bridgehead atoms. The maximum absolute atomic E-state index is 11.6. The minimum absolute atomic E-state index is 0.0192. The number of anilines is 2. The van der Waals surface area contributed by atoms with Crippen molar-refractivity contribution in [2.75, 3.05) is 31.2 Å². The molecular weight excluding hydrogens is 216 g/mol. The van der Waals surface area contributed by atoms with E-state index in [4.69, 9.17) is 11.0 Å². The average Bonchev–Trinajstić information content (AvgIpc) is 2.36. The van der Waals surface area contributed by atoms with Gasteiger partial charge in [0.15, 0.2) is 0 Å². The van der Waals surface area contributed by atoms with E-state index < -0.39 is 0 Å². The van der Waals surface area contributed by atoms with Gasteiger partial charge < -0.3 is 16.0 Å². The van der Waals surface area contributed by atoms with E-state index in [9.17, 15) is 4.79 Å². The molecule has 0 saturated carbocycles. The summed E-state index contributed by atoms with van der Waals surface area (Å²) < 4.78 is 0. The molecule has 0 aliphatic carbocycles. The van der Waals surface area contributed by atoms with E-state index in [2.05, 4.69) is 5.32 Å². The lowest BCUT2D eigenvalue weighted by Crippen LogP contribution is -2.32. The van der Waals surface area contributed by atoms with Crippen molar-refractivity contribution in [1.29, 1.82) is 5.26 Å². The molecule has 5 heteroatoms. The molecule has 17 heavy (non-hydrogen) atoms. The van der Waals surface area contributed by atoms with Crippen LogP contribution >= 0.6 is 0 Å². The highest BCUT2D eigenvalue weighted by Gasteiger charge is 2.07. The summed E-state index contributed by atoms with van der Waals surface area (Å²) in [6.07, 6.45) is 0. The van der Waals surface area contributed by atoms with Crippen LogP contribution in [0, 0.1) is 11.3 Å². The number of nitrogens with zero attached hydrogens (tertiary/aromatic N) is 2.